The van der Waals surface area contributed by atoms with E-state index in [1.807, 2.05) is 0 Å². The first-order valence-corrected chi connectivity index (χ1v) is 8.15. The van der Waals surface area contributed by atoms with Gasteiger partial charge in [0.2, 0.25) is 0 Å². The number of halogens is 1. The third-order valence-corrected chi connectivity index (χ3v) is 3.75. The summed E-state index contributed by atoms with van der Waals surface area (Å²) >= 11 is 3.26. The van der Waals surface area contributed by atoms with Crippen molar-refractivity contribution in [1.29, 1.82) is 0 Å². The number of carbonyl (C=O) groups is 3. The number of methoxy groups -OCH3 is 1. The molecule has 25 heavy (non-hydrogen) atoms. The molecule has 0 spiro atoms. The van der Waals surface area contributed by atoms with Gasteiger partial charge in [-0.3, -0.25) is 4.79 Å². The number of carbonyl (C=O) groups excluding carboxylic acids is 3. The first-order chi connectivity index (χ1) is 12.0. The molecule has 6 nitrogen and oxygen atoms in total. The molecule has 0 saturated carbocycles. The molecule has 0 heterocycles. The molecule has 7 heteroatoms. The zero-order chi connectivity index (χ0) is 18.2. The average molecular weight is 406 g/mol. The van der Waals surface area contributed by atoms with Crippen LogP contribution in [-0.4, -0.2) is 31.6 Å². The molecule has 2 aromatic rings. The second-order valence-corrected chi connectivity index (χ2v) is 5.97. The third-order valence-electron chi connectivity index (χ3n) is 3.26. The number of benzene rings is 2. The van der Waals surface area contributed by atoms with Gasteiger partial charge in [0.15, 0.2) is 6.61 Å². The van der Waals surface area contributed by atoms with E-state index in [9.17, 15) is 14.4 Å². The van der Waals surface area contributed by atoms with E-state index < -0.39 is 17.8 Å². The van der Waals surface area contributed by atoms with E-state index in [0.717, 1.165) is 10.0 Å². The first kappa shape index (κ1) is 18.7. The number of hydrogen-bond donors (Lipinski definition) is 1. The van der Waals surface area contributed by atoms with Gasteiger partial charge >= 0.3 is 11.9 Å². The lowest BCUT2D eigenvalue weighted by Gasteiger charge is -2.07. The molecule has 0 aliphatic rings. The van der Waals surface area contributed by atoms with Crippen LogP contribution in [0.15, 0.2) is 53.0 Å². The van der Waals surface area contributed by atoms with Gasteiger partial charge in [-0.2, -0.15) is 0 Å². The van der Waals surface area contributed by atoms with Crippen molar-refractivity contribution in [2.75, 3.05) is 13.7 Å². The molecule has 1 amide bonds. The van der Waals surface area contributed by atoms with Crippen LogP contribution in [0.3, 0.4) is 0 Å². The van der Waals surface area contributed by atoms with Crippen LogP contribution in [0.5, 0.6) is 0 Å². The Morgan fingerprint density at radius 1 is 1.00 bits per heavy atom. The summed E-state index contributed by atoms with van der Waals surface area (Å²) in [4.78, 5) is 34.9. The number of rotatable bonds is 6. The molecule has 0 saturated heterocycles. The molecule has 0 aliphatic heterocycles. The van der Waals surface area contributed by atoms with Crippen LogP contribution >= 0.6 is 15.9 Å². The molecule has 0 fully saturated rings. The fourth-order valence-corrected chi connectivity index (χ4v) is 2.36. The minimum absolute atomic E-state index is 0.259. The van der Waals surface area contributed by atoms with Crippen molar-refractivity contribution < 1.29 is 23.9 Å². The highest BCUT2D eigenvalue weighted by Gasteiger charge is 2.10. The molecular weight excluding hydrogens is 390 g/mol. The summed E-state index contributed by atoms with van der Waals surface area (Å²) in [6.07, 6.45) is 0. The van der Waals surface area contributed by atoms with E-state index in [2.05, 4.69) is 26.0 Å². The Kier molecular flexibility index (Phi) is 6.71. The Hall–Kier alpha value is -2.67. The van der Waals surface area contributed by atoms with Gasteiger partial charge in [-0.25, -0.2) is 9.59 Å². The van der Waals surface area contributed by atoms with Gasteiger partial charge in [0.1, 0.15) is 0 Å². The van der Waals surface area contributed by atoms with E-state index in [1.54, 1.807) is 48.5 Å². The van der Waals surface area contributed by atoms with Gasteiger partial charge < -0.3 is 14.8 Å². The topological polar surface area (TPSA) is 81.7 Å². The Balaban J connectivity index is 1.79. The molecule has 0 atom stereocenters. The Labute approximate surface area is 153 Å². The third kappa shape index (κ3) is 5.72. The lowest BCUT2D eigenvalue weighted by molar-refractivity contribution is -0.124. The first-order valence-electron chi connectivity index (χ1n) is 7.36. The summed E-state index contributed by atoms with van der Waals surface area (Å²) in [7, 11) is 1.31. The van der Waals surface area contributed by atoms with Gasteiger partial charge in [-0.15, -0.1) is 0 Å². The van der Waals surface area contributed by atoms with Crippen LogP contribution < -0.4 is 5.32 Å². The SMILES string of the molecule is COC(=O)c1ccc(CNC(=O)COC(=O)c2cccc(Br)c2)cc1. The van der Waals surface area contributed by atoms with Gasteiger partial charge in [0.25, 0.3) is 5.91 Å². The standard InChI is InChI=1S/C18H16BrNO5/c1-24-17(22)13-7-5-12(6-8-13)10-20-16(21)11-25-18(23)14-3-2-4-15(19)9-14/h2-9H,10-11H2,1H3,(H,20,21). The minimum Gasteiger partial charge on any atom is -0.465 e. The van der Waals surface area contributed by atoms with Crippen LogP contribution in [-0.2, 0) is 20.8 Å². The average Bonchev–Trinajstić information content (AvgIpc) is 2.64. The highest BCUT2D eigenvalue weighted by atomic mass is 79.9. The normalized spacial score (nSPS) is 10.0. The summed E-state index contributed by atoms with van der Waals surface area (Å²) < 4.78 is 10.3. The van der Waals surface area contributed by atoms with Crippen molar-refractivity contribution in [2.24, 2.45) is 0 Å². The Bertz CT molecular complexity index is 773. The summed E-state index contributed by atoms with van der Waals surface area (Å²) in [5, 5.41) is 2.64. The van der Waals surface area contributed by atoms with Crippen LogP contribution in [0, 0.1) is 0 Å². The molecule has 0 radical (unpaired) electrons. The van der Waals surface area contributed by atoms with Crippen molar-refractivity contribution in [3.63, 3.8) is 0 Å². The predicted octanol–water partition coefficient (Wildman–Crippen LogP) is 2.71. The number of ether oxygens (including phenoxy) is 2. The predicted molar refractivity (Wildman–Crippen MR) is 94.1 cm³/mol. The van der Waals surface area contributed by atoms with Gasteiger partial charge in [-0.05, 0) is 35.9 Å². The van der Waals surface area contributed by atoms with E-state index in [-0.39, 0.29) is 13.2 Å². The van der Waals surface area contributed by atoms with E-state index in [1.165, 1.54) is 7.11 Å². The zero-order valence-corrected chi connectivity index (χ0v) is 15.0. The van der Waals surface area contributed by atoms with Crippen LogP contribution in [0.4, 0.5) is 0 Å². The molecule has 0 aromatic heterocycles. The highest BCUT2D eigenvalue weighted by molar-refractivity contribution is 9.10. The van der Waals surface area contributed by atoms with Gasteiger partial charge in [0, 0.05) is 11.0 Å². The summed E-state index contributed by atoms with van der Waals surface area (Å²) in [5.41, 5.74) is 1.60. The fourth-order valence-electron chi connectivity index (χ4n) is 1.96. The fraction of sp³-hybridized carbons (Fsp3) is 0.167. The molecule has 130 valence electrons. The maximum Gasteiger partial charge on any atom is 0.338 e. The van der Waals surface area contributed by atoms with Crippen LogP contribution in [0.25, 0.3) is 0 Å². The van der Waals surface area contributed by atoms with Crippen molar-refractivity contribution in [1.82, 2.24) is 5.32 Å². The molecule has 0 unspecified atom stereocenters. The van der Waals surface area contributed by atoms with Crippen molar-refractivity contribution >= 4 is 33.8 Å². The quantitative estimate of drug-likeness (QED) is 0.747. The van der Waals surface area contributed by atoms with E-state index in [0.29, 0.717) is 11.1 Å². The largest absolute Gasteiger partial charge is 0.465 e. The number of nitrogens with one attached hydrogen (secondary N) is 1. The molecule has 2 rings (SSSR count). The number of hydrogen-bond acceptors (Lipinski definition) is 5. The number of esters is 2. The molecule has 2 aromatic carbocycles. The second-order valence-electron chi connectivity index (χ2n) is 5.05. The van der Waals surface area contributed by atoms with Gasteiger partial charge in [0.05, 0.1) is 18.2 Å². The summed E-state index contributed by atoms with van der Waals surface area (Å²) in [6.45, 7) is -0.111. The molecule has 0 aliphatic carbocycles. The Morgan fingerprint density at radius 3 is 2.36 bits per heavy atom. The van der Waals surface area contributed by atoms with Gasteiger partial charge in [-0.1, -0.05) is 34.1 Å². The minimum atomic E-state index is -0.570. The smallest absolute Gasteiger partial charge is 0.338 e. The summed E-state index contributed by atoms with van der Waals surface area (Å²) in [6, 6.07) is 13.4. The lowest BCUT2D eigenvalue weighted by atomic mass is 10.1. The van der Waals surface area contributed by atoms with Crippen LogP contribution in [0.1, 0.15) is 26.3 Å². The number of amides is 1. The maximum absolute atomic E-state index is 11.8. The van der Waals surface area contributed by atoms with E-state index >= 15 is 0 Å². The van der Waals surface area contributed by atoms with Crippen molar-refractivity contribution in [3.8, 4) is 0 Å². The Morgan fingerprint density at radius 2 is 1.72 bits per heavy atom. The molecule has 1 N–H and O–H groups in total. The van der Waals surface area contributed by atoms with Crippen molar-refractivity contribution in [3.05, 3.63) is 69.7 Å². The second kappa shape index (κ2) is 8.98. The van der Waals surface area contributed by atoms with Crippen molar-refractivity contribution in [2.45, 2.75) is 6.54 Å². The van der Waals surface area contributed by atoms with Crippen LogP contribution in [0.2, 0.25) is 0 Å². The summed E-state index contributed by atoms with van der Waals surface area (Å²) in [5.74, 6) is -1.41. The zero-order valence-electron chi connectivity index (χ0n) is 13.5. The maximum atomic E-state index is 11.8. The highest BCUT2D eigenvalue weighted by Crippen LogP contribution is 2.12. The van der Waals surface area contributed by atoms with E-state index in [4.69, 9.17) is 4.74 Å². The monoisotopic (exact) mass is 405 g/mol. The molecular formula is C18H16BrNO5. The molecule has 0 bridgehead atoms. The lowest BCUT2D eigenvalue weighted by Crippen LogP contribution is -2.28.